The summed E-state index contributed by atoms with van der Waals surface area (Å²) in [5.41, 5.74) is 9.66. The number of hydrogen-bond donors (Lipinski definition) is 0. The van der Waals surface area contributed by atoms with Gasteiger partial charge in [-0.15, -0.1) is 0 Å². The van der Waals surface area contributed by atoms with Gasteiger partial charge in [0.1, 0.15) is 22.7 Å². The first-order chi connectivity index (χ1) is 25.2. The molecule has 0 atom stereocenters. The number of para-hydroxylation sites is 1. The van der Waals surface area contributed by atoms with Gasteiger partial charge in [-0.3, -0.25) is 0 Å². The summed E-state index contributed by atoms with van der Waals surface area (Å²) in [6.07, 6.45) is 0. The van der Waals surface area contributed by atoms with E-state index in [-0.39, 0.29) is 0 Å². The predicted octanol–water partition coefficient (Wildman–Crippen LogP) is 13.6. The van der Waals surface area contributed by atoms with E-state index in [0.717, 1.165) is 50.3 Å². The molecular weight excluding hydrogens is 623 g/mol. The molecule has 3 heteroatoms. The average Bonchev–Trinajstić information content (AvgIpc) is 3.91. The molecule has 0 spiro atoms. The summed E-state index contributed by atoms with van der Waals surface area (Å²) in [4.78, 5) is 0. The molecule has 3 nitrogen and oxygen atoms in total. The van der Waals surface area contributed by atoms with Gasteiger partial charge in [-0.25, -0.2) is 0 Å². The maximum atomic E-state index is 6.34. The Morgan fingerprint density at radius 3 is 1.78 bits per heavy atom. The molecule has 8 aromatic carbocycles. The van der Waals surface area contributed by atoms with Gasteiger partial charge in [0.05, 0.1) is 11.0 Å². The van der Waals surface area contributed by atoms with Crippen LogP contribution in [0, 0.1) is 0 Å². The third kappa shape index (κ3) is 4.45. The predicted molar refractivity (Wildman–Crippen MR) is 212 cm³/mol. The molecule has 0 amide bonds. The van der Waals surface area contributed by atoms with Gasteiger partial charge in [-0.1, -0.05) is 91.0 Å². The molecule has 0 aliphatic heterocycles. The molecule has 238 valence electrons. The van der Waals surface area contributed by atoms with Crippen LogP contribution in [0.4, 0.5) is 0 Å². The molecule has 0 bridgehead atoms. The number of fused-ring (bicyclic) bond motifs is 8. The fraction of sp³-hybridized carbons (Fsp3) is 0. The van der Waals surface area contributed by atoms with Crippen LogP contribution in [0.1, 0.15) is 0 Å². The highest BCUT2D eigenvalue weighted by atomic mass is 16.3. The molecule has 3 aromatic heterocycles. The Morgan fingerprint density at radius 1 is 0.314 bits per heavy atom. The summed E-state index contributed by atoms with van der Waals surface area (Å²) in [6.45, 7) is 0. The van der Waals surface area contributed by atoms with E-state index in [1.807, 2.05) is 36.4 Å². The molecule has 11 rings (SSSR count). The summed E-state index contributed by atoms with van der Waals surface area (Å²) in [6, 6.07) is 62.7. The van der Waals surface area contributed by atoms with Gasteiger partial charge in [0.2, 0.25) is 0 Å². The van der Waals surface area contributed by atoms with Crippen LogP contribution in [0.5, 0.6) is 0 Å². The minimum atomic E-state index is 0.833. The Labute approximate surface area is 293 Å². The molecule has 0 radical (unpaired) electrons. The summed E-state index contributed by atoms with van der Waals surface area (Å²) in [5, 5.41) is 9.63. The monoisotopic (exact) mass is 651 g/mol. The van der Waals surface area contributed by atoms with Crippen molar-refractivity contribution in [3.8, 4) is 39.5 Å². The number of aromatic nitrogens is 1. The minimum Gasteiger partial charge on any atom is -0.456 e. The van der Waals surface area contributed by atoms with Crippen LogP contribution in [-0.2, 0) is 0 Å². The second kappa shape index (κ2) is 10.8. The number of nitrogens with zero attached hydrogens (tertiary/aromatic N) is 1. The standard InChI is InChI=1S/C48H29NO2/c1-2-8-30(9-3-1)45-22-23-46(50-45)36-17-20-47-41(28-36)42-29-38(18-21-48(42)51-47)49-43-13-7-6-12-39(43)40-27-35(16-19-44(40)49)33-14-15-34-24-31-10-4-5-11-32(31)25-37(34)26-33/h1-29H. The Balaban J connectivity index is 1.03. The van der Waals surface area contributed by atoms with E-state index in [0.29, 0.717) is 0 Å². The Kier molecular flexibility index (Phi) is 5.96. The topological polar surface area (TPSA) is 31.2 Å². The van der Waals surface area contributed by atoms with Gasteiger partial charge in [-0.2, -0.15) is 0 Å². The number of furan rings is 2. The van der Waals surface area contributed by atoms with Crippen molar-refractivity contribution < 1.29 is 8.83 Å². The van der Waals surface area contributed by atoms with Crippen molar-refractivity contribution in [3.05, 3.63) is 176 Å². The molecule has 0 saturated carbocycles. The van der Waals surface area contributed by atoms with Crippen LogP contribution < -0.4 is 0 Å². The summed E-state index contributed by atoms with van der Waals surface area (Å²) >= 11 is 0. The van der Waals surface area contributed by atoms with E-state index in [1.54, 1.807) is 0 Å². The summed E-state index contributed by atoms with van der Waals surface area (Å²) in [7, 11) is 0. The molecule has 0 aliphatic rings. The van der Waals surface area contributed by atoms with Crippen LogP contribution in [-0.4, -0.2) is 4.57 Å². The first-order valence-electron chi connectivity index (χ1n) is 17.3. The summed E-state index contributed by atoms with van der Waals surface area (Å²) < 4.78 is 15.0. The lowest BCUT2D eigenvalue weighted by Gasteiger charge is -2.09. The second-order valence-electron chi connectivity index (χ2n) is 13.4. The Hall–Kier alpha value is -6.84. The van der Waals surface area contributed by atoms with Crippen molar-refractivity contribution >= 4 is 65.3 Å². The lowest BCUT2D eigenvalue weighted by molar-refractivity contribution is 0.597. The fourth-order valence-corrected chi connectivity index (χ4v) is 7.86. The highest BCUT2D eigenvalue weighted by Crippen LogP contribution is 2.39. The number of benzene rings is 8. The molecular formula is C48H29NO2. The van der Waals surface area contributed by atoms with Crippen molar-refractivity contribution in [2.45, 2.75) is 0 Å². The molecule has 51 heavy (non-hydrogen) atoms. The van der Waals surface area contributed by atoms with Crippen LogP contribution in [0.15, 0.2) is 185 Å². The quantitative estimate of drug-likeness (QED) is 0.177. The highest BCUT2D eigenvalue weighted by molar-refractivity contribution is 6.12. The van der Waals surface area contributed by atoms with E-state index in [2.05, 4.69) is 144 Å². The van der Waals surface area contributed by atoms with Gasteiger partial charge < -0.3 is 13.4 Å². The van der Waals surface area contributed by atoms with E-state index >= 15 is 0 Å². The van der Waals surface area contributed by atoms with Crippen LogP contribution in [0.25, 0.3) is 105 Å². The Morgan fingerprint density at radius 2 is 0.922 bits per heavy atom. The summed E-state index contributed by atoms with van der Waals surface area (Å²) in [5.74, 6) is 1.69. The van der Waals surface area contributed by atoms with Gasteiger partial charge in [0.25, 0.3) is 0 Å². The maximum absolute atomic E-state index is 6.34. The SMILES string of the molecule is c1ccc(-c2ccc(-c3ccc4oc5ccc(-n6c7ccccc7c7cc(-c8ccc9cc%10ccccc%10cc9c8)ccc76)cc5c4c3)o2)cc1. The third-order valence-electron chi connectivity index (χ3n) is 10.4. The zero-order chi connectivity index (χ0) is 33.5. The van der Waals surface area contributed by atoms with Gasteiger partial charge >= 0.3 is 0 Å². The zero-order valence-corrected chi connectivity index (χ0v) is 27.5. The first kappa shape index (κ1) is 28.0. The molecule has 0 unspecified atom stereocenters. The smallest absolute Gasteiger partial charge is 0.135 e. The maximum Gasteiger partial charge on any atom is 0.135 e. The molecule has 11 aromatic rings. The van der Waals surface area contributed by atoms with E-state index in [1.165, 1.54) is 54.5 Å². The molecule has 3 heterocycles. The van der Waals surface area contributed by atoms with E-state index in [9.17, 15) is 0 Å². The van der Waals surface area contributed by atoms with Gasteiger partial charge in [-0.05, 0) is 118 Å². The average molecular weight is 652 g/mol. The first-order valence-corrected chi connectivity index (χ1v) is 17.3. The number of rotatable bonds is 4. The van der Waals surface area contributed by atoms with Crippen molar-refractivity contribution in [3.63, 3.8) is 0 Å². The van der Waals surface area contributed by atoms with Crippen molar-refractivity contribution in [1.82, 2.24) is 4.57 Å². The van der Waals surface area contributed by atoms with Crippen LogP contribution in [0.2, 0.25) is 0 Å². The van der Waals surface area contributed by atoms with E-state index < -0.39 is 0 Å². The minimum absolute atomic E-state index is 0.833. The zero-order valence-electron chi connectivity index (χ0n) is 27.5. The van der Waals surface area contributed by atoms with Gasteiger partial charge in [0, 0.05) is 38.4 Å². The van der Waals surface area contributed by atoms with Crippen LogP contribution in [0.3, 0.4) is 0 Å². The largest absolute Gasteiger partial charge is 0.456 e. The van der Waals surface area contributed by atoms with Crippen molar-refractivity contribution in [2.75, 3.05) is 0 Å². The van der Waals surface area contributed by atoms with Crippen LogP contribution >= 0.6 is 0 Å². The molecule has 0 fully saturated rings. The molecule has 0 aliphatic carbocycles. The van der Waals surface area contributed by atoms with E-state index in [4.69, 9.17) is 8.83 Å². The van der Waals surface area contributed by atoms with Crippen molar-refractivity contribution in [1.29, 1.82) is 0 Å². The number of hydrogen-bond acceptors (Lipinski definition) is 2. The van der Waals surface area contributed by atoms with Crippen molar-refractivity contribution in [2.24, 2.45) is 0 Å². The normalized spacial score (nSPS) is 11.9. The molecule has 0 N–H and O–H groups in total. The Bertz CT molecular complexity index is 3140. The lowest BCUT2D eigenvalue weighted by Crippen LogP contribution is -1.93. The molecule has 0 saturated heterocycles. The third-order valence-corrected chi connectivity index (χ3v) is 10.4. The lowest BCUT2D eigenvalue weighted by atomic mass is 9.97. The fourth-order valence-electron chi connectivity index (χ4n) is 7.86. The highest BCUT2D eigenvalue weighted by Gasteiger charge is 2.17. The second-order valence-corrected chi connectivity index (χ2v) is 13.4. The van der Waals surface area contributed by atoms with Gasteiger partial charge in [0.15, 0.2) is 0 Å².